The predicted molar refractivity (Wildman–Crippen MR) is 92.4 cm³/mol. The van der Waals surface area contributed by atoms with Gasteiger partial charge in [-0.3, -0.25) is 9.78 Å². The second-order valence-corrected chi connectivity index (χ2v) is 6.04. The number of rotatable bonds is 5. The molecule has 1 aliphatic heterocycles. The summed E-state index contributed by atoms with van der Waals surface area (Å²) in [5, 5.41) is 3.86. The van der Waals surface area contributed by atoms with E-state index in [-0.39, 0.29) is 24.2 Å². The zero-order valence-corrected chi connectivity index (χ0v) is 13.9. The normalized spacial score (nSPS) is 21.5. The Morgan fingerprint density at radius 1 is 1.56 bits per heavy atom. The van der Waals surface area contributed by atoms with Crippen molar-refractivity contribution in [2.24, 2.45) is 10.8 Å². The van der Waals surface area contributed by atoms with E-state index in [2.05, 4.69) is 15.0 Å². The van der Waals surface area contributed by atoms with Crippen molar-refractivity contribution in [3.8, 4) is 5.75 Å². The highest BCUT2D eigenvalue weighted by atomic mass is 16.5. The number of ether oxygens (including phenoxy) is 2. The van der Waals surface area contributed by atoms with Gasteiger partial charge in [-0.15, -0.1) is 0 Å². The summed E-state index contributed by atoms with van der Waals surface area (Å²) >= 11 is 0. The third-order valence-corrected chi connectivity index (χ3v) is 4.39. The molecule has 0 aromatic carbocycles. The molecule has 2 N–H and O–H groups in total. The molecule has 132 valence electrons. The summed E-state index contributed by atoms with van der Waals surface area (Å²) in [7, 11) is 1.54. The Labute approximate surface area is 144 Å². The summed E-state index contributed by atoms with van der Waals surface area (Å²) < 4.78 is 12.5. The Morgan fingerprint density at radius 3 is 3.08 bits per heavy atom. The second-order valence-electron chi connectivity index (χ2n) is 6.04. The minimum absolute atomic E-state index is 0.00305. The minimum atomic E-state index is -0.507. The third kappa shape index (κ3) is 3.74. The van der Waals surface area contributed by atoms with Gasteiger partial charge in [0.25, 0.3) is 5.56 Å². The van der Waals surface area contributed by atoms with Crippen LogP contribution in [-0.2, 0) is 11.3 Å². The fraction of sp³-hybridized carbons (Fsp3) is 0.500. The number of nitrogens with zero attached hydrogens (tertiary/aromatic N) is 5. The number of azide groups is 1. The number of aromatic nitrogens is 2. The zero-order chi connectivity index (χ0) is 17.8. The molecule has 3 heterocycles. The van der Waals surface area contributed by atoms with E-state index >= 15 is 0 Å². The molecule has 0 amide bonds. The first-order valence-electron chi connectivity index (χ1n) is 8.07. The van der Waals surface area contributed by atoms with Crippen molar-refractivity contribution in [2.45, 2.75) is 37.6 Å². The molecule has 3 atom stereocenters. The van der Waals surface area contributed by atoms with Crippen LogP contribution in [0.1, 0.15) is 12.8 Å². The first-order valence-corrected chi connectivity index (χ1v) is 8.07. The molecular weight excluding hydrogens is 324 g/mol. The van der Waals surface area contributed by atoms with Gasteiger partial charge in [-0.05, 0) is 24.4 Å². The summed E-state index contributed by atoms with van der Waals surface area (Å²) in [6.07, 6.45) is 2.80. The fourth-order valence-electron chi connectivity index (χ4n) is 3.03. The number of hydrogen-bond donors (Lipinski definition) is 1. The van der Waals surface area contributed by atoms with Gasteiger partial charge in [0.2, 0.25) is 0 Å². The van der Waals surface area contributed by atoms with Crippen LogP contribution >= 0.6 is 0 Å². The van der Waals surface area contributed by atoms with Gasteiger partial charge in [-0.2, -0.15) is 0 Å². The van der Waals surface area contributed by atoms with Gasteiger partial charge < -0.3 is 19.8 Å². The number of nitrogens with two attached hydrogens (primary N) is 1. The molecule has 1 fully saturated rings. The van der Waals surface area contributed by atoms with Crippen molar-refractivity contribution in [2.75, 3.05) is 13.7 Å². The Kier molecular flexibility index (Phi) is 5.18. The van der Waals surface area contributed by atoms with E-state index < -0.39 is 6.04 Å². The van der Waals surface area contributed by atoms with Gasteiger partial charge in [0.1, 0.15) is 5.75 Å². The largest absolute Gasteiger partial charge is 0.495 e. The molecule has 2 aromatic rings. The van der Waals surface area contributed by atoms with E-state index in [1.165, 1.54) is 13.2 Å². The van der Waals surface area contributed by atoms with Gasteiger partial charge >= 0.3 is 0 Å². The molecule has 9 heteroatoms. The number of hydrogen-bond acceptors (Lipinski definition) is 6. The minimum Gasteiger partial charge on any atom is -0.495 e. The number of pyridine rings is 2. The standard InChI is InChI=1S/C16H20N6O3/c1-24-11-6-14-12(19-7-11)3-5-16(23)22(14)8-13(20-21-18)15-4-2-10(17)9-25-15/h3,5-7,10,13,15H,2,4,8-9,17H2,1H3/t10?,13-,15-/m0/s1. The maximum Gasteiger partial charge on any atom is 0.251 e. The van der Waals surface area contributed by atoms with Gasteiger partial charge in [0, 0.05) is 29.6 Å². The molecular formula is C16H20N6O3. The summed E-state index contributed by atoms with van der Waals surface area (Å²) in [6, 6.07) is 4.34. The molecule has 1 unspecified atom stereocenters. The van der Waals surface area contributed by atoms with E-state index in [9.17, 15) is 4.79 Å². The monoisotopic (exact) mass is 344 g/mol. The predicted octanol–water partition coefficient (Wildman–Crippen LogP) is 1.59. The van der Waals surface area contributed by atoms with E-state index in [4.69, 9.17) is 20.7 Å². The van der Waals surface area contributed by atoms with Crippen LogP contribution in [0, 0.1) is 0 Å². The molecule has 25 heavy (non-hydrogen) atoms. The SMILES string of the molecule is COc1cnc2ccc(=O)n(C[C@H](N=[N+]=[N-])[C@@H]3CCC(N)CO3)c2c1. The van der Waals surface area contributed by atoms with E-state index in [0.717, 1.165) is 6.42 Å². The molecule has 9 nitrogen and oxygen atoms in total. The highest BCUT2D eigenvalue weighted by Crippen LogP contribution is 2.21. The lowest BCUT2D eigenvalue weighted by Crippen LogP contribution is -2.42. The van der Waals surface area contributed by atoms with Crippen LogP contribution in [0.25, 0.3) is 21.5 Å². The molecule has 1 saturated heterocycles. The molecule has 0 bridgehead atoms. The van der Waals surface area contributed by atoms with E-state index in [1.807, 2.05) is 0 Å². The Morgan fingerprint density at radius 2 is 2.40 bits per heavy atom. The second kappa shape index (κ2) is 7.52. The summed E-state index contributed by atoms with van der Waals surface area (Å²) in [4.78, 5) is 19.6. The maximum absolute atomic E-state index is 12.4. The maximum atomic E-state index is 12.4. The van der Waals surface area contributed by atoms with Crippen LogP contribution in [0.4, 0.5) is 0 Å². The highest BCUT2D eigenvalue weighted by Gasteiger charge is 2.27. The van der Waals surface area contributed by atoms with Crippen LogP contribution in [-0.4, -0.2) is 41.5 Å². The van der Waals surface area contributed by atoms with Crippen molar-refractivity contribution in [1.82, 2.24) is 9.55 Å². The van der Waals surface area contributed by atoms with Gasteiger partial charge in [-0.1, -0.05) is 5.11 Å². The van der Waals surface area contributed by atoms with Crippen molar-refractivity contribution in [1.29, 1.82) is 0 Å². The third-order valence-electron chi connectivity index (χ3n) is 4.39. The summed E-state index contributed by atoms with van der Waals surface area (Å²) in [5.74, 6) is 0.548. The fourth-order valence-corrected chi connectivity index (χ4v) is 3.03. The van der Waals surface area contributed by atoms with Crippen LogP contribution < -0.4 is 16.0 Å². The molecule has 3 rings (SSSR count). The lowest BCUT2D eigenvalue weighted by molar-refractivity contribution is -0.0119. The van der Waals surface area contributed by atoms with Crippen molar-refractivity contribution >= 4 is 11.0 Å². The van der Waals surface area contributed by atoms with Crippen molar-refractivity contribution < 1.29 is 9.47 Å². The van der Waals surface area contributed by atoms with E-state index in [1.54, 1.807) is 22.9 Å². The van der Waals surface area contributed by atoms with Crippen LogP contribution in [0.5, 0.6) is 5.75 Å². The molecule has 0 spiro atoms. The van der Waals surface area contributed by atoms with Crippen LogP contribution in [0.15, 0.2) is 34.3 Å². The average molecular weight is 344 g/mol. The molecule has 0 saturated carbocycles. The first-order chi connectivity index (χ1) is 12.1. The molecule has 0 radical (unpaired) electrons. The smallest absolute Gasteiger partial charge is 0.251 e. The van der Waals surface area contributed by atoms with Crippen molar-refractivity contribution in [3.63, 3.8) is 0 Å². The van der Waals surface area contributed by atoms with Crippen molar-refractivity contribution in [3.05, 3.63) is 45.2 Å². The number of fused-ring (bicyclic) bond motifs is 1. The molecule has 2 aromatic heterocycles. The zero-order valence-electron chi connectivity index (χ0n) is 13.9. The Balaban J connectivity index is 1.97. The lowest BCUT2D eigenvalue weighted by Gasteiger charge is -2.31. The Bertz CT molecular complexity index is 853. The molecule has 1 aliphatic rings. The van der Waals surface area contributed by atoms with Crippen LogP contribution in [0.2, 0.25) is 0 Å². The number of methoxy groups -OCH3 is 1. The van der Waals surface area contributed by atoms with Gasteiger partial charge in [0.15, 0.2) is 0 Å². The summed E-state index contributed by atoms with van der Waals surface area (Å²) in [5.41, 5.74) is 15.8. The first kappa shape index (κ1) is 17.2. The Hall–Kier alpha value is -2.61. The van der Waals surface area contributed by atoms with Crippen LogP contribution in [0.3, 0.4) is 0 Å². The van der Waals surface area contributed by atoms with Gasteiger partial charge in [0.05, 0.1) is 43.1 Å². The summed E-state index contributed by atoms with van der Waals surface area (Å²) in [6.45, 7) is 0.622. The lowest BCUT2D eigenvalue weighted by atomic mass is 10.00. The molecule has 0 aliphatic carbocycles. The highest BCUT2D eigenvalue weighted by molar-refractivity contribution is 5.75. The average Bonchev–Trinajstić information content (AvgIpc) is 2.63. The van der Waals surface area contributed by atoms with E-state index in [0.29, 0.717) is 29.8 Å². The van der Waals surface area contributed by atoms with Gasteiger partial charge in [-0.25, -0.2) is 0 Å². The quantitative estimate of drug-likeness (QED) is 0.500. The topological polar surface area (TPSA) is 128 Å².